The Bertz CT molecular complexity index is 648. The summed E-state index contributed by atoms with van der Waals surface area (Å²) in [6, 6.07) is 1.17. The maximum atomic E-state index is 13.6. The molecule has 1 fully saturated rings. The molecule has 1 atom stereocenters. The molecule has 0 unspecified atom stereocenters. The number of rotatable bonds is 5. The van der Waals surface area contributed by atoms with Gasteiger partial charge in [0, 0.05) is 13.1 Å². The van der Waals surface area contributed by atoms with Crippen LogP contribution < -0.4 is 5.32 Å². The molecule has 0 saturated carbocycles. The standard InChI is InChI=1S/C17H22F3N3O2/c1-11(17(25)23-8-4-3-5-9-23)22(2)10-14(24)21-13-7-6-12(18)15(19)16(13)20/h6-7,11H,3-5,8-10H2,1-2H3,(H,21,24)/t11-/m0/s1. The summed E-state index contributed by atoms with van der Waals surface area (Å²) in [5.41, 5.74) is -0.438. The molecule has 25 heavy (non-hydrogen) atoms. The second kappa shape index (κ2) is 8.33. The fraction of sp³-hybridized carbons (Fsp3) is 0.529. The molecule has 1 N–H and O–H groups in total. The van der Waals surface area contributed by atoms with Crippen molar-refractivity contribution in [3.8, 4) is 0 Å². The molecule has 0 aliphatic carbocycles. The second-order valence-corrected chi connectivity index (χ2v) is 6.25. The van der Waals surface area contributed by atoms with Gasteiger partial charge in [0.05, 0.1) is 18.3 Å². The quantitative estimate of drug-likeness (QED) is 0.824. The van der Waals surface area contributed by atoms with Crippen LogP contribution in [0.2, 0.25) is 0 Å². The monoisotopic (exact) mass is 357 g/mol. The van der Waals surface area contributed by atoms with Crippen LogP contribution in [0.4, 0.5) is 18.9 Å². The second-order valence-electron chi connectivity index (χ2n) is 6.25. The summed E-state index contributed by atoms with van der Waals surface area (Å²) in [4.78, 5) is 27.7. The summed E-state index contributed by atoms with van der Waals surface area (Å²) >= 11 is 0. The molecule has 2 rings (SSSR count). The van der Waals surface area contributed by atoms with Gasteiger partial charge in [-0.3, -0.25) is 14.5 Å². The highest BCUT2D eigenvalue weighted by atomic mass is 19.2. The summed E-state index contributed by atoms with van der Waals surface area (Å²) in [6.45, 7) is 2.94. The van der Waals surface area contributed by atoms with E-state index >= 15 is 0 Å². The maximum absolute atomic E-state index is 13.6. The lowest BCUT2D eigenvalue weighted by Crippen LogP contribution is -2.49. The third kappa shape index (κ3) is 4.72. The van der Waals surface area contributed by atoms with Gasteiger partial charge in [0.2, 0.25) is 11.8 Å². The summed E-state index contributed by atoms with van der Waals surface area (Å²) in [5.74, 6) is -5.10. The SMILES string of the molecule is C[C@@H](C(=O)N1CCCCC1)N(C)CC(=O)Nc1ccc(F)c(F)c1F. The Morgan fingerprint density at radius 3 is 2.44 bits per heavy atom. The Kier molecular flexibility index (Phi) is 6.41. The number of nitrogens with one attached hydrogen (secondary N) is 1. The van der Waals surface area contributed by atoms with Gasteiger partial charge in [0.1, 0.15) is 0 Å². The number of piperidine rings is 1. The number of carbonyl (C=O) groups is 2. The van der Waals surface area contributed by atoms with Gasteiger partial charge in [-0.15, -0.1) is 0 Å². The van der Waals surface area contributed by atoms with E-state index in [1.807, 2.05) is 0 Å². The summed E-state index contributed by atoms with van der Waals surface area (Å²) in [7, 11) is 1.60. The topological polar surface area (TPSA) is 52.7 Å². The fourth-order valence-electron chi connectivity index (χ4n) is 2.74. The van der Waals surface area contributed by atoms with Crippen molar-refractivity contribution < 1.29 is 22.8 Å². The molecular weight excluding hydrogens is 335 g/mol. The van der Waals surface area contributed by atoms with E-state index in [0.717, 1.165) is 31.4 Å². The number of hydrogen-bond donors (Lipinski definition) is 1. The van der Waals surface area contributed by atoms with Gasteiger partial charge in [-0.2, -0.15) is 0 Å². The van der Waals surface area contributed by atoms with E-state index in [-0.39, 0.29) is 12.5 Å². The molecule has 8 heteroatoms. The van der Waals surface area contributed by atoms with E-state index in [1.54, 1.807) is 18.9 Å². The maximum Gasteiger partial charge on any atom is 0.239 e. The molecule has 0 spiro atoms. The predicted octanol–water partition coefficient (Wildman–Crippen LogP) is 2.38. The van der Waals surface area contributed by atoms with Crippen molar-refractivity contribution >= 4 is 17.5 Å². The first kappa shape index (κ1) is 19.2. The molecule has 2 amide bonds. The van der Waals surface area contributed by atoms with Crippen LogP contribution in [0.15, 0.2) is 12.1 Å². The van der Waals surface area contributed by atoms with Crippen LogP contribution in [-0.2, 0) is 9.59 Å². The van der Waals surface area contributed by atoms with E-state index in [9.17, 15) is 22.8 Å². The van der Waals surface area contributed by atoms with Crippen LogP contribution in [0.1, 0.15) is 26.2 Å². The number of anilines is 1. The number of likely N-dealkylation sites (tertiary alicyclic amines) is 1. The molecule has 0 aromatic heterocycles. The number of hydrogen-bond acceptors (Lipinski definition) is 3. The molecule has 1 aromatic rings. The largest absolute Gasteiger partial charge is 0.341 e. The van der Waals surface area contributed by atoms with Gasteiger partial charge in [0.25, 0.3) is 0 Å². The van der Waals surface area contributed by atoms with Crippen LogP contribution in [0.5, 0.6) is 0 Å². The van der Waals surface area contributed by atoms with E-state index in [0.29, 0.717) is 13.1 Å². The number of likely N-dealkylation sites (N-methyl/N-ethyl adjacent to an activating group) is 1. The van der Waals surface area contributed by atoms with Crippen molar-refractivity contribution in [1.82, 2.24) is 9.80 Å². The van der Waals surface area contributed by atoms with E-state index < -0.39 is 35.1 Å². The fourth-order valence-corrected chi connectivity index (χ4v) is 2.74. The van der Waals surface area contributed by atoms with Gasteiger partial charge in [-0.1, -0.05) is 0 Å². The third-order valence-corrected chi connectivity index (χ3v) is 4.39. The minimum absolute atomic E-state index is 0.0611. The lowest BCUT2D eigenvalue weighted by Gasteiger charge is -2.32. The zero-order valence-electron chi connectivity index (χ0n) is 14.3. The van der Waals surface area contributed by atoms with Gasteiger partial charge in [-0.25, -0.2) is 13.2 Å². The molecular formula is C17H22F3N3O2. The highest BCUT2D eigenvalue weighted by Gasteiger charge is 2.26. The summed E-state index contributed by atoms with van der Waals surface area (Å²) in [6.07, 6.45) is 3.05. The van der Waals surface area contributed by atoms with Gasteiger partial charge in [-0.05, 0) is 45.4 Å². The Morgan fingerprint density at radius 2 is 1.80 bits per heavy atom. The van der Waals surface area contributed by atoms with Crippen LogP contribution in [0.3, 0.4) is 0 Å². The smallest absolute Gasteiger partial charge is 0.239 e. The first-order valence-corrected chi connectivity index (χ1v) is 8.23. The molecule has 0 bridgehead atoms. The number of carbonyl (C=O) groups excluding carboxylic acids is 2. The number of halogens is 3. The van der Waals surface area contributed by atoms with Crippen molar-refractivity contribution in [3.63, 3.8) is 0 Å². The minimum Gasteiger partial charge on any atom is -0.341 e. The average molecular weight is 357 g/mol. The van der Waals surface area contributed by atoms with E-state index in [1.165, 1.54) is 4.90 Å². The first-order valence-electron chi connectivity index (χ1n) is 8.23. The molecule has 5 nitrogen and oxygen atoms in total. The van der Waals surface area contributed by atoms with Crippen LogP contribution >= 0.6 is 0 Å². The van der Waals surface area contributed by atoms with Crippen LogP contribution in [-0.4, -0.2) is 54.3 Å². The van der Waals surface area contributed by atoms with E-state index in [4.69, 9.17) is 0 Å². The molecule has 1 heterocycles. The van der Waals surface area contributed by atoms with E-state index in [2.05, 4.69) is 5.32 Å². The Morgan fingerprint density at radius 1 is 1.16 bits per heavy atom. The Labute approximate surface area is 144 Å². The average Bonchev–Trinajstić information content (AvgIpc) is 2.61. The molecule has 1 saturated heterocycles. The van der Waals surface area contributed by atoms with Crippen molar-refractivity contribution in [3.05, 3.63) is 29.6 Å². The zero-order valence-corrected chi connectivity index (χ0v) is 14.3. The van der Waals surface area contributed by atoms with Gasteiger partial charge in [0.15, 0.2) is 17.5 Å². The predicted molar refractivity (Wildman–Crippen MR) is 87.5 cm³/mol. The van der Waals surface area contributed by atoms with Crippen LogP contribution in [0.25, 0.3) is 0 Å². The van der Waals surface area contributed by atoms with Crippen molar-refractivity contribution in [2.45, 2.75) is 32.2 Å². The highest BCUT2D eigenvalue weighted by molar-refractivity contribution is 5.93. The number of nitrogens with zero attached hydrogens (tertiary/aromatic N) is 2. The van der Waals surface area contributed by atoms with Gasteiger partial charge < -0.3 is 10.2 Å². The normalized spacial score (nSPS) is 16.0. The molecule has 1 aliphatic heterocycles. The number of amides is 2. The first-order chi connectivity index (χ1) is 11.8. The highest BCUT2D eigenvalue weighted by Crippen LogP contribution is 2.19. The molecule has 0 radical (unpaired) electrons. The molecule has 1 aromatic carbocycles. The lowest BCUT2D eigenvalue weighted by molar-refractivity contribution is -0.137. The van der Waals surface area contributed by atoms with Crippen molar-refractivity contribution in [2.75, 3.05) is 32.0 Å². The molecule has 1 aliphatic rings. The lowest BCUT2D eigenvalue weighted by atomic mass is 10.1. The Balaban J connectivity index is 1.93. The minimum atomic E-state index is -1.64. The van der Waals surface area contributed by atoms with Crippen LogP contribution in [0, 0.1) is 17.5 Å². The summed E-state index contributed by atoms with van der Waals surface area (Å²) in [5, 5.41) is 2.20. The van der Waals surface area contributed by atoms with Crippen molar-refractivity contribution in [1.29, 1.82) is 0 Å². The van der Waals surface area contributed by atoms with Gasteiger partial charge >= 0.3 is 0 Å². The third-order valence-electron chi connectivity index (χ3n) is 4.39. The number of benzene rings is 1. The molecule has 138 valence electrons. The van der Waals surface area contributed by atoms with Crippen molar-refractivity contribution in [2.24, 2.45) is 0 Å². The summed E-state index contributed by atoms with van der Waals surface area (Å²) < 4.78 is 39.7. The zero-order chi connectivity index (χ0) is 18.6. The Hall–Kier alpha value is -2.09.